The fraction of sp³-hybridized carbons (Fsp3) is 0.174. The van der Waals surface area contributed by atoms with E-state index in [1.165, 1.54) is 43.5 Å². The fourth-order valence-electron chi connectivity index (χ4n) is 2.97. The summed E-state index contributed by atoms with van der Waals surface area (Å²) >= 11 is 0. The Hall–Kier alpha value is -4.27. The highest BCUT2D eigenvalue weighted by atomic mass is 19.4. The van der Waals surface area contributed by atoms with Crippen molar-refractivity contribution in [3.05, 3.63) is 89.3 Å². The van der Waals surface area contributed by atoms with Crippen molar-refractivity contribution in [2.75, 3.05) is 7.11 Å². The Balaban J connectivity index is 1.90. The highest BCUT2D eigenvalue weighted by molar-refractivity contribution is 5.95. The topological polar surface area (TPSA) is 72.4 Å². The molecule has 0 saturated carbocycles. The summed E-state index contributed by atoms with van der Waals surface area (Å²) in [6.07, 6.45) is -9.59. The van der Waals surface area contributed by atoms with Gasteiger partial charge < -0.3 is 9.47 Å². The maximum absolute atomic E-state index is 13.6. The predicted octanol–water partition coefficient (Wildman–Crippen LogP) is 5.78. The Morgan fingerprint density at radius 1 is 1.06 bits per heavy atom. The molecule has 0 fully saturated rings. The molecule has 0 spiro atoms. The van der Waals surface area contributed by atoms with E-state index in [1.807, 2.05) is 6.07 Å². The first-order valence-electron chi connectivity index (χ1n) is 9.72. The SMILES string of the molecule is C=C(N=C(OC)c1cc(C(F)(F)F)n(Cc2ccc(C#N)cc2)n1)c1ccc(OC(F)(F)F)cc1. The summed E-state index contributed by atoms with van der Waals surface area (Å²) < 4.78 is 87.5. The van der Waals surface area contributed by atoms with Crippen LogP contribution in [0.4, 0.5) is 26.3 Å². The third-order valence-corrected chi connectivity index (χ3v) is 4.56. The maximum atomic E-state index is 13.6. The number of nitriles is 1. The number of alkyl halides is 6. The first-order valence-corrected chi connectivity index (χ1v) is 9.72. The van der Waals surface area contributed by atoms with Crippen molar-refractivity contribution in [3.63, 3.8) is 0 Å². The van der Waals surface area contributed by atoms with Gasteiger partial charge in [0.05, 0.1) is 31.0 Å². The number of aliphatic imine (C=N–C) groups is 1. The lowest BCUT2D eigenvalue weighted by Gasteiger charge is -2.10. The number of aromatic nitrogens is 2. The van der Waals surface area contributed by atoms with E-state index in [0.29, 0.717) is 11.1 Å². The molecule has 0 bridgehead atoms. The molecule has 0 saturated heterocycles. The highest BCUT2D eigenvalue weighted by Crippen LogP contribution is 2.31. The number of hydrogen-bond acceptors (Lipinski definition) is 5. The Labute approximate surface area is 195 Å². The van der Waals surface area contributed by atoms with Gasteiger partial charge in [0.1, 0.15) is 17.1 Å². The third kappa shape index (κ3) is 6.63. The molecule has 6 nitrogen and oxygen atoms in total. The molecule has 3 rings (SSSR count). The molecule has 0 radical (unpaired) electrons. The van der Waals surface area contributed by atoms with Crippen LogP contribution in [0, 0.1) is 11.3 Å². The van der Waals surface area contributed by atoms with Crippen LogP contribution >= 0.6 is 0 Å². The van der Waals surface area contributed by atoms with Crippen LogP contribution in [0.15, 0.2) is 66.2 Å². The van der Waals surface area contributed by atoms with Crippen LogP contribution in [0.2, 0.25) is 0 Å². The Kier molecular flexibility index (Phi) is 7.19. The van der Waals surface area contributed by atoms with Gasteiger partial charge in [0.15, 0.2) is 0 Å². The van der Waals surface area contributed by atoms with Gasteiger partial charge in [-0.15, -0.1) is 13.2 Å². The monoisotopic (exact) mass is 494 g/mol. The average Bonchev–Trinajstić information content (AvgIpc) is 3.21. The molecule has 2 aromatic carbocycles. The van der Waals surface area contributed by atoms with Gasteiger partial charge in [-0.3, -0.25) is 4.68 Å². The van der Waals surface area contributed by atoms with Crippen LogP contribution in [0.25, 0.3) is 5.70 Å². The van der Waals surface area contributed by atoms with Crippen molar-refractivity contribution in [2.24, 2.45) is 4.99 Å². The van der Waals surface area contributed by atoms with Gasteiger partial charge >= 0.3 is 12.5 Å². The molecule has 35 heavy (non-hydrogen) atoms. The van der Waals surface area contributed by atoms with Gasteiger partial charge in [-0.1, -0.05) is 18.7 Å². The Morgan fingerprint density at radius 3 is 2.20 bits per heavy atom. The van der Waals surface area contributed by atoms with Gasteiger partial charge in [-0.25, -0.2) is 4.99 Å². The Morgan fingerprint density at radius 2 is 1.69 bits per heavy atom. The van der Waals surface area contributed by atoms with Crippen LogP contribution in [0.5, 0.6) is 5.75 Å². The zero-order valence-electron chi connectivity index (χ0n) is 18.0. The first-order chi connectivity index (χ1) is 16.4. The molecule has 0 aliphatic heterocycles. The quantitative estimate of drug-likeness (QED) is 0.247. The summed E-state index contributed by atoms with van der Waals surface area (Å²) in [6, 6.07) is 13.3. The molecule has 0 unspecified atom stereocenters. The van der Waals surface area contributed by atoms with Crippen LogP contribution in [0.1, 0.15) is 28.1 Å². The van der Waals surface area contributed by atoms with E-state index in [0.717, 1.165) is 22.9 Å². The lowest BCUT2D eigenvalue weighted by Crippen LogP contribution is -2.17. The molecule has 0 N–H and O–H groups in total. The first kappa shape index (κ1) is 25.4. The van der Waals surface area contributed by atoms with E-state index in [2.05, 4.69) is 21.4 Å². The summed E-state index contributed by atoms with van der Waals surface area (Å²) in [5.41, 5.74) is -0.160. The highest BCUT2D eigenvalue weighted by Gasteiger charge is 2.36. The molecule has 1 heterocycles. The number of halogens is 6. The molecular weight excluding hydrogens is 478 g/mol. The van der Waals surface area contributed by atoms with Crippen LogP contribution in [0.3, 0.4) is 0 Å². The number of ether oxygens (including phenoxy) is 2. The molecular formula is C23H16F6N4O2. The zero-order valence-corrected chi connectivity index (χ0v) is 18.0. The summed E-state index contributed by atoms with van der Waals surface area (Å²) in [7, 11) is 1.18. The van der Waals surface area contributed by atoms with Crippen molar-refractivity contribution in [2.45, 2.75) is 19.1 Å². The number of rotatable bonds is 6. The number of methoxy groups -OCH3 is 1. The van der Waals surface area contributed by atoms with Crippen LogP contribution in [-0.4, -0.2) is 29.2 Å². The van der Waals surface area contributed by atoms with E-state index in [9.17, 15) is 26.3 Å². The molecule has 0 aliphatic carbocycles. The second-order valence-corrected chi connectivity index (χ2v) is 7.02. The summed E-state index contributed by atoms with van der Waals surface area (Å²) in [5.74, 6) is -0.740. The third-order valence-electron chi connectivity index (χ3n) is 4.56. The summed E-state index contributed by atoms with van der Waals surface area (Å²) in [4.78, 5) is 4.06. The maximum Gasteiger partial charge on any atom is 0.573 e. The average molecular weight is 494 g/mol. The second kappa shape index (κ2) is 9.92. The summed E-state index contributed by atoms with van der Waals surface area (Å²) in [5, 5.41) is 12.8. The molecule has 182 valence electrons. The van der Waals surface area contributed by atoms with Gasteiger partial charge in [0.2, 0.25) is 5.90 Å². The summed E-state index contributed by atoms with van der Waals surface area (Å²) in [6.45, 7) is 3.45. The minimum Gasteiger partial charge on any atom is -0.479 e. The van der Waals surface area contributed by atoms with Crippen molar-refractivity contribution < 1.29 is 35.8 Å². The number of nitrogens with zero attached hydrogens (tertiary/aromatic N) is 4. The molecule has 1 aromatic heterocycles. The number of benzene rings is 2. The molecule has 3 aromatic rings. The lowest BCUT2D eigenvalue weighted by molar-refractivity contribution is -0.274. The molecule has 12 heteroatoms. The van der Waals surface area contributed by atoms with Gasteiger partial charge in [0.25, 0.3) is 0 Å². The number of hydrogen-bond donors (Lipinski definition) is 0. The minimum absolute atomic E-state index is 0.00982. The normalized spacial score (nSPS) is 12.2. The van der Waals surface area contributed by atoms with E-state index in [4.69, 9.17) is 10.00 Å². The smallest absolute Gasteiger partial charge is 0.479 e. The van der Waals surface area contributed by atoms with Crippen LogP contribution in [-0.2, 0) is 17.5 Å². The van der Waals surface area contributed by atoms with Crippen molar-refractivity contribution in [1.29, 1.82) is 5.26 Å². The van der Waals surface area contributed by atoms with Crippen LogP contribution < -0.4 is 4.74 Å². The van der Waals surface area contributed by atoms with Gasteiger partial charge in [-0.2, -0.15) is 23.5 Å². The van der Waals surface area contributed by atoms with Crippen molar-refractivity contribution >= 4 is 11.6 Å². The molecule has 0 atom stereocenters. The standard InChI is InChI=1S/C23H16F6N4O2/c1-14(17-7-9-18(10-8-17)35-23(27,28)29)31-21(34-2)19-11-20(22(24,25)26)33(32-19)13-16-5-3-15(12-30)4-6-16/h3-11H,1,13H2,2H3. The fourth-order valence-corrected chi connectivity index (χ4v) is 2.97. The predicted molar refractivity (Wildman–Crippen MR) is 113 cm³/mol. The van der Waals surface area contributed by atoms with E-state index < -0.39 is 24.0 Å². The van der Waals surface area contributed by atoms with E-state index in [1.54, 1.807) is 0 Å². The lowest BCUT2D eigenvalue weighted by atomic mass is 10.1. The van der Waals surface area contributed by atoms with Crippen molar-refractivity contribution in [3.8, 4) is 11.8 Å². The zero-order chi connectivity index (χ0) is 25.8. The van der Waals surface area contributed by atoms with Gasteiger partial charge in [-0.05, 0) is 47.5 Å². The van der Waals surface area contributed by atoms with Gasteiger partial charge in [0, 0.05) is 6.07 Å². The second-order valence-electron chi connectivity index (χ2n) is 7.02. The van der Waals surface area contributed by atoms with E-state index >= 15 is 0 Å². The minimum atomic E-state index is -4.85. The van der Waals surface area contributed by atoms with E-state index in [-0.39, 0.29) is 29.4 Å². The largest absolute Gasteiger partial charge is 0.573 e. The Bertz CT molecular complexity index is 1270. The van der Waals surface area contributed by atoms with Crippen molar-refractivity contribution in [1.82, 2.24) is 9.78 Å². The molecule has 0 aliphatic rings. The molecule has 0 amide bonds.